The van der Waals surface area contributed by atoms with Crippen LogP contribution in [0.4, 0.5) is 9.18 Å². The molecule has 1 aliphatic heterocycles. The molecule has 3 rings (SSSR count). The van der Waals surface area contributed by atoms with Gasteiger partial charge in [0.05, 0.1) is 18.7 Å². The van der Waals surface area contributed by atoms with Crippen molar-refractivity contribution in [1.82, 2.24) is 16.0 Å². The number of methoxy groups -OCH3 is 1. The summed E-state index contributed by atoms with van der Waals surface area (Å²) < 4.78 is 18.1. The Morgan fingerprint density at radius 1 is 1.14 bits per heavy atom. The standard InChI is InChI=1S/C22H24FN3O3/c1-13-4-5-14(2)17(10-13)20-19(21(27)29-3)18(25-22(28)26-20)12-24-11-15-6-8-16(23)9-7-15/h4-10,20,24H,11-12H2,1-3H3,(H2,25,26,28). The summed E-state index contributed by atoms with van der Waals surface area (Å²) in [5.41, 5.74) is 4.52. The Morgan fingerprint density at radius 3 is 2.55 bits per heavy atom. The van der Waals surface area contributed by atoms with Crippen molar-refractivity contribution in [1.29, 1.82) is 0 Å². The van der Waals surface area contributed by atoms with Crippen LogP contribution in [0.5, 0.6) is 0 Å². The van der Waals surface area contributed by atoms with Crippen LogP contribution in [-0.4, -0.2) is 25.7 Å². The van der Waals surface area contributed by atoms with Crippen molar-refractivity contribution in [2.24, 2.45) is 0 Å². The molecule has 1 aliphatic rings. The van der Waals surface area contributed by atoms with Gasteiger partial charge in [-0.1, -0.05) is 35.9 Å². The van der Waals surface area contributed by atoms with Crippen molar-refractivity contribution < 1.29 is 18.7 Å². The SMILES string of the molecule is COC(=O)C1=C(CNCc2ccc(F)cc2)NC(=O)NC1c1cc(C)ccc1C. The molecule has 0 fully saturated rings. The second-order valence-electron chi connectivity index (χ2n) is 7.01. The predicted octanol–water partition coefficient (Wildman–Crippen LogP) is 3.01. The number of esters is 1. The number of carbonyl (C=O) groups excluding carboxylic acids is 2. The van der Waals surface area contributed by atoms with Crippen LogP contribution in [0.3, 0.4) is 0 Å². The Kier molecular flexibility index (Phi) is 6.29. The van der Waals surface area contributed by atoms with Crippen molar-refractivity contribution >= 4 is 12.0 Å². The van der Waals surface area contributed by atoms with Gasteiger partial charge in [-0.15, -0.1) is 0 Å². The van der Waals surface area contributed by atoms with E-state index in [2.05, 4.69) is 16.0 Å². The third kappa shape index (κ3) is 4.81. The van der Waals surface area contributed by atoms with Gasteiger partial charge in [-0.3, -0.25) is 0 Å². The van der Waals surface area contributed by atoms with E-state index in [0.717, 1.165) is 22.3 Å². The molecule has 2 aromatic rings. The normalized spacial score (nSPS) is 16.3. The third-order valence-electron chi connectivity index (χ3n) is 4.85. The van der Waals surface area contributed by atoms with E-state index in [9.17, 15) is 14.0 Å². The summed E-state index contributed by atoms with van der Waals surface area (Å²) >= 11 is 0. The maximum absolute atomic E-state index is 13.1. The first-order chi connectivity index (χ1) is 13.9. The van der Waals surface area contributed by atoms with E-state index in [4.69, 9.17) is 4.74 Å². The van der Waals surface area contributed by atoms with E-state index in [-0.39, 0.29) is 18.4 Å². The summed E-state index contributed by atoms with van der Waals surface area (Å²) in [6.07, 6.45) is 0. The molecule has 1 heterocycles. The number of carbonyl (C=O) groups is 2. The first-order valence-corrected chi connectivity index (χ1v) is 9.30. The van der Waals surface area contributed by atoms with Crippen LogP contribution in [0.1, 0.15) is 28.3 Å². The fourth-order valence-corrected chi connectivity index (χ4v) is 3.35. The van der Waals surface area contributed by atoms with Crippen molar-refractivity contribution in [3.63, 3.8) is 0 Å². The molecule has 6 nitrogen and oxygen atoms in total. The van der Waals surface area contributed by atoms with E-state index in [1.807, 2.05) is 32.0 Å². The van der Waals surface area contributed by atoms with Crippen LogP contribution < -0.4 is 16.0 Å². The number of hydrogen-bond donors (Lipinski definition) is 3. The maximum atomic E-state index is 13.1. The number of nitrogens with one attached hydrogen (secondary N) is 3. The summed E-state index contributed by atoms with van der Waals surface area (Å²) in [4.78, 5) is 24.9. The summed E-state index contributed by atoms with van der Waals surface area (Å²) in [6, 6.07) is 11.0. The molecule has 1 atom stereocenters. The molecule has 152 valence electrons. The quantitative estimate of drug-likeness (QED) is 0.655. The van der Waals surface area contributed by atoms with Gasteiger partial charge in [0.25, 0.3) is 0 Å². The monoisotopic (exact) mass is 397 g/mol. The summed E-state index contributed by atoms with van der Waals surface area (Å²) in [5, 5.41) is 8.74. The minimum absolute atomic E-state index is 0.247. The first-order valence-electron chi connectivity index (χ1n) is 9.30. The van der Waals surface area contributed by atoms with Gasteiger partial charge in [0.15, 0.2) is 0 Å². The zero-order valence-corrected chi connectivity index (χ0v) is 16.6. The lowest BCUT2D eigenvalue weighted by molar-refractivity contribution is -0.136. The lowest BCUT2D eigenvalue weighted by Gasteiger charge is -2.30. The van der Waals surface area contributed by atoms with E-state index < -0.39 is 12.0 Å². The number of aryl methyl sites for hydroxylation is 2. The Morgan fingerprint density at radius 2 is 1.86 bits per heavy atom. The average molecular weight is 397 g/mol. The first kappa shape index (κ1) is 20.5. The molecule has 2 amide bonds. The van der Waals surface area contributed by atoms with Crippen LogP contribution in [-0.2, 0) is 16.1 Å². The highest BCUT2D eigenvalue weighted by atomic mass is 19.1. The lowest BCUT2D eigenvalue weighted by Crippen LogP contribution is -2.48. The summed E-state index contributed by atoms with van der Waals surface area (Å²) in [5.74, 6) is -0.812. The van der Waals surface area contributed by atoms with Gasteiger partial charge in [-0.2, -0.15) is 0 Å². The Hall–Kier alpha value is -3.19. The predicted molar refractivity (Wildman–Crippen MR) is 107 cm³/mol. The van der Waals surface area contributed by atoms with E-state index >= 15 is 0 Å². The highest BCUT2D eigenvalue weighted by Gasteiger charge is 2.34. The second kappa shape index (κ2) is 8.87. The summed E-state index contributed by atoms with van der Waals surface area (Å²) in [6.45, 7) is 4.59. The van der Waals surface area contributed by atoms with Gasteiger partial charge in [-0.25, -0.2) is 14.0 Å². The fraction of sp³-hybridized carbons (Fsp3) is 0.273. The number of urea groups is 1. The zero-order chi connectivity index (χ0) is 21.0. The van der Waals surface area contributed by atoms with Gasteiger partial charge in [0, 0.05) is 18.8 Å². The Bertz CT molecular complexity index is 954. The van der Waals surface area contributed by atoms with Crippen molar-refractivity contribution in [3.8, 4) is 0 Å². The van der Waals surface area contributed by atoms with Crippen LogP contribution in [0.2, 0.25) is 0 Å². The molecule has 0 saturated heterocycles. The van der Waals surface area contributed by atoms with E-state index in [1.54, 1.807) is 12.1 Å². The topological polar surface area (TPSA) is 79.5 Å². The number of ether oxygens (including phenoxy) is 1. The molecule has 0 aliphatic carbocycles. The zero-order valence-electron chi connectivity index (χ0n) is 16.6. The molecule has 0 radical (unpaired) electrons. The molecule has 0 bridgehead atoms. The molecular formula is C22H24FN3O3. The Labute approximate surface area is 169 Å². The minimum atomic E-state index is -0.612. The highest BCUT2D eigenvalue weighted by Crippen LogP contribution is 2.30. The van der Waals surface area contributed by atoms with Gasteiger partial charge in [0.2, 0.25) is 0 Å². The maximum Gasteiger partial charge on any atom is 0.338 e. The molecule has 2 aromatic carbocycles. The molecule has 7 heteroatoms. The number of amides is 2. The Balaban J connectivity index is 1.90. The van der Waals surface area contributed by atoms with E-state index in [0.29, 0.717) is 17.8 Å². The van der Waals surface area contributed by atoms with Crippen LogP contribution >= 0.6 is 0 Å². The van der Waals surface area contributed by atoms with Gasteiger partial charge in [-0.05, 0) is 42.7 Å². The van der Waals surface area contributed by atoms with Crippen molar-refractivity contribution in [2.75, 3.05) is 13.7 Å². The molecule has 0 aromatic heterocycles. The second-order valence-corrected chi connectivity index (χ2v) is 7.01. The third-order valence-corrected chi connectivity index (χ3v) is 4.85. The fourth-order valence-electron chi connectivity index (χ4n) is 3.35. The molecule has 3 N–H and O–H groups in total. The van der Waals surface area contributed by atoms with Gasteiger partial charge in [0.1, 0.15) is 5.82 Å². The molecule has 1 unspecified atom stereocenters. The molecule has 29 heavy (non-hydrogen) atoms. The van der Waals surface area contributed by atoms with Gasteiger partial charge < -0.3 is 20.7 Å². The van der Waals surface area contributed by atoms with Crippen LogP contribution in [0, 0.1) is 19.7 Å². The molecule has 0 saturated carbocycles. The van der Waals surface area contributed by atoms with Crippen molar-refractivity contribution in [2.45, 2.75) is 26.4 Å². The number of hydrogen-bond acceptors (Lipinski definition) is 4. The average Bonchev–Trinajstić information content (AvgIpc) is 2.70. The lowest BCUT2D eigenvalue weighted by atomic mass is 9.91. The number of benzene rings is 2. The minimum Gasteiger partial charge on any atom is -0.466 e. The molecular weight excluding hydrogens is 373 g/mol. The van der Waals surface area contributed by atoms with E-state index in [1.165, 1.54) is 19.2 Å². The van der Waals surface area contributed by atoms with Crippen LogP contribution in [0.25, 0.3) is 0 Å². The number of halogens is 1. The smallest absolute Gasteiger partial charge is 0.338 e. The summed E-state index contributed by atoms with van der Waals surface area (Å²) in [7, 11) is 1.31. The van der Waals surface area contributed by atoms with Crippen LogP contribution in [0.15, 0.2) is 53.7 Å². The largest absolute Gasteiger partial charge is 0.466 e. The van der Waals surface area contributed by atoms with Crippen molar-refractivity contribution in [3.05, 3.63) is 81.8 Å². The molecule has 0 spiro atoms. The van der Waals surface area contributed by atoms with Gasteiger partial charge >= 0.3 is 12.0 Å². The highest BCUT2D eigenvalue weighted by molar-refractivity contribution is 5.95. The number of rotatable bonds is 6.